The number of rotatable bonds is 7. The molecule has 0 unspecified atom stereocenters. The van der Waals surface area contributed by atoms with Crippen LogP contribution in [0.15, 0.2) is 71.8 Å². The van der Waals surface area contributed by atoms with Crippen LogP contribution < -0.4 is 10.2 Å². The van der Waals surface area contributed by atoms with Gasteiger partial charge in [0.2, 0.25) is 0 Å². The molecule has 0 saturated carbocycles. The average molecular weight is 519 g/mol. The van der Waals surface area contributed by atoms with Gasteiger partial charge in [-0.15, -0.1) is 0 Å². The van der Waals surface area contributed by atoms with Crippen molar-refractivity contribution in [2.75, 3.05) is 0 Å². The smallest absolute Gasteiger partial charge is 0.336 e. The lowest BCUT2D eigenvalue weighted by molar-refractivity contribution is -0.384. The third kappa shape index (κ3) is 6.89. The van der Waals surface area contributed by atoms with Crippen molar-refractivity contribution in [3.05, 3.63) is 109 Å². The highest BCUT2D eigenvalue weighted by Gasteiger charge is 2.14. The number of nitrogens with zero attached hydrogens (tertiary/aromatic N) is 2. The van der Waals surface area contributed by atoms with Gasteiger partial charge in [-0.25, -0.2) is 10.2 Å². The molecule has 0 fully saturated rings. The van der Waals surface area contributed by atoms with Gasteiger partial charge in [0.25, 0.3) is 11.6 Å². The molecule has 34 heavy (non-hydrogen) atoms. The van der Waals surface area contributed by atoms with E-state index in [1.165, 1.54) is 42.5 Å². The summed E-state index contributed by atoms with van der Waals surface area (Å²) in [5.41, 5.74) is 2.93. The summed E-state index contributed by atoms with van der Waals surface area (Å²) >= 11 is 17.6. The van der Waals surface area contributed by atoms with Crippen molar-refractivity contribution in [3.8, 4) is 5.75 Å². The van der Waals surface area contributed by atoms with Crippen molar-refractivity contribution < 1.29 is 19.2 Å². The van der Waals surface area contributed by atoms with E-state index in [4.69, 9.17) is 39.5 Å². The van der Waals surface area contributed by atoms with Crippen LogP contribution in [0.25, 0.3) is 6.08 Å². The number of hydrogen-bond acceptors (Lipinski definition) is 6. The van der Waals surface area contributed by atoms with Crippen LogP contribution in [0.1, 0.15) is 21.5 Å². The molecule has 3 rings (SSSR count). The molecule has 0 bridgehead atoms. The SMILES string of the molecule is O=C(/C=C/c1ccc(Cl)cc1)Oc1ccc([N+](=O)[O-])cc1/C=N/NC(=O)c1ccc(Cl)cc1Cl. The first-order valence-electron chi connectivity index (χ1n) is 9.45. The van der Waals surface area contributed by atoms with Gasteiger partial charge in [0.05, 0.1) is 21.7 Å². The lowest BCUT2D eigenvalue weighted by Crippen LogP contribution is -2.18. The summed E-state index contributed by atoms with van der Waals surface area (Å²) < 4.78 is 5.29. The standard InChI is InChI=1S/C23H14Cl3N3O5/c24-16-4-1-14(2-5-16)3-10-22(30)34-21-9-7-18(29(32)33)11-15(21)13-27-28-23(31)19-8-6-17(25)12-20(19)26/h1-13H,(H,28,31)/b10-3+,27-13+. The topological polar surface area (TPSA) is 111 Å². The number of hydrogen-bond donors (Lipinski definition) is 1. The highest BCUT2D eigenvalue weighted by Crippen LogP contribution is 2.24. The highest BCUT2D eigenvalue weighted by molar-refractivity contribution is 6.36. The summed E-state index contributed by atoms with van der Waals surface area (Å²) in [5, 5.41) is 16.0. The van der Waals surface area contributed by atoms with Crippen LogP contribution >= 0.6 is 34.8 Å². The molecule has 3 aromatic carbocycles. The Balaban J connectivity index is 1.76. The van der Waals surface area contributed by atoms with E-state index in [2.05, 4.69) is 10.5 Å². The van der Waals surface area contributed by atoms with Crippen molar-refractivity contribution in [1.82, 2.24) is 5.43 Å². The second-order valence-corrected chi connectivity index (χ2v) is 7.89. The molecule has 8 nitrogen and oxygen atoms in total. The quantitative estimate of drug-likeness (QED) is 0.104. The molecule has 0 spiro atoms. The lowest BCUT2D eigenvalue weighted by Gasteiger charge is -2.06. The predicted molar refractivity (Wildman–Crippen MR) is 131 cm³/mol. The number of halogens is 3. The summed E-state index contributed by atoms with van der Waals surface area (Å²) in [6, 6.07) is 14.7. The zero-order chi connectivity index (χ0) is 24.7. The zero-order valence-corrected chi connectivity index (χ0v) is 19.3. The number of nitrogens with one attached hydrogen (secondary N) is 1. The number of benzene rings is 3. The van der Waals surface area contributed by atoms with Crippen molar-refractivity contribution in [3.63, 3.8) is 0 Å². The molecule has 172 valence electrons. The Morgan fingerprint density at radius 3 is 2.35 bits per heavy atom. The number of nitro groups is 1. The molecular formula is C23H14Cl3N3O5. The van der Waals surface area contributed by atoms with E-state index in [1.807, 2.05) is 0 Å². The molecule has 0 saturated heterocycles. The Labute approximate surface area is 208 Å². The fourth-order valence-corrected chi connectivity index (χ4v) is 3.24. The van der Waals surface area contributed by atoms with Crippen LogP contribution in [0.4, 0.5) is 5.69 Å². The molecule has 1 N–H and O–H groups in total. The van der Waals surface area contributed by atoms with Crippen molar-refractivity contribution in [2.45, 2.75) is 0 Å². The van der Waals surface area contributed by atoms with E-state index in [0.717, 1.165) is 17.8 Å². The van der Waals surface area contributed by atoms with Gasteiger partial charge in [-0.05, 0) is 48.0 Å². The highest BCUT2D eigenvalue weighted by atomic mass is 35.5. The Bertz CT molecular complexity index is 1310. The second-order valence-electron chi connectivity index (χ2n) is 6.61. The molecule has 0 aliphatic rings. The van der Waals surface area contributed by atoms with Gasteiger partial charge in [0.1, 0.15) is 5.75 Å². The first-order chi connectivity index (χ1) is 16.2. The second kappa shape index (κ2) is 11.4. The van der Waals surface area contributed by atoms with Crippen LogP contribution in [0.2, 0.25) is 15.1 Å². The lowest BCUT2D eigenvalue weighted by atomic mass is 10.2. The van der Waals surface area contributed by atoms with Crippen LogP contribution in [0.5, 0.6) is 5.75 Å². The Morgan fingerprint density at radius 1 is 0.971 bits per heavy atom. The number of carbonyl (C=O) groups is 2. The van der Waals surface area contributed by atoms with E-state index >= 15 is 0 Å². The number of hydrazone groups is 1. The monoisotopic (exact) mass is 517 g/mol. The molecule has 3 aromatic rings. The number of carbonyl (C=O) groups excluding carboxylic acids is 2. The van der Waals surface area contributed by atoms with E-state index in [1.54, 1.807) is 24.3 Å². The van der Waals surface area contributed by atoms with Crippen LogP contribution in [-0.2, 0) is 4.79 Å². The maximum atomic E-state index is 12.3. The first kappa shape index (κ1) is 24.9. The molecule has 0 aliphatic heterocycles. The van der Waals surface area contributed by atoms with Crippen LogP contribution in [-0.4, -0.2) is 23.0 Å². The molecule has 11 heteroatoms. The summed E-state index contributed by atoms with van der Waals surface area (Å²) in [4.78, 5) is 35.1. The minimum Gasteiger partial charge on any atom is -0.423 e. The summed E-state index contributed by atoms with van der Waals surface area (Å²) in [6.45, 7) is 0. The van der Waals surface area contributed by atoms with Gasteiger partial charge in [0.15, 0.2) is 0 Å². The van der Waals surface area contributed by atoms with Crippen molar-refractivity contribution >= 4 is 64.7 Å². The van der Waals surface area contributed by atoms with E-state index in [0.29, 0.717) is 10.0 Å². The van der Waals surface area contributed by atoms with E-state index in [9.17, 15) is 19.7 Å². The fourth-order valence-electron chi connectivity index (χ4n) is 2.62. The Morgan fingerprint density at radius 2 is 1.68 bits per heavy atom. The molecule has 0 atom stereocenters. The molecule has 1 amide bonds. The van der Waals surface area contributed by atoms with Crippen molar-refractivity contribution in [1.29, 1.82) is 0 Å². The number of amides is 1. The largest absolute Gasteiger partial charge is 0.423 e. The molecular weight excluding hydrogens is 505 g/mol. The summed E-state index contributed by atoms with van der Waals surface area (Å²) in [5.74, 6) is -1.36. The minimum absolute atomic E-state index is 0.00104. The third-order valence-corrected chi connectivity index (χ3v) is 5.04. The Hall–Kier alpha value is -3.72. The zero-order valence-electron chi connectivity index (χ0n) is 17.1. The van der Waals surface area contributed by atoms with Gasteiger partial charge in [-0.3, -0.25) is 14.9 Å². The van der Waals surface area contributed by atoms with Crippen LogP contribution in [0, 0.1) is 10.1 Å². The normalized spacial score (nSPS) is 11.0. The molecule has 0 heterocycles. The van der Waals surface area contributed by atoms with Gasteiger partial charge in [0, 0.05) is 33.8 Å². The third-order valence-electron chi connectivity index (χ3n) is 4.24. The summed E-state index contributed by atoms with van der Waals surface area (Å²) in [6.07, 6.45) is 3.82. The Kier molecular flexibility index (Phi) is 8.37. The van der Waals surface area contributed by atoms with Gasteiger partial charge < -0.3 is 4.74 Å². The maximum Gasteiger partial charge on any atom is 0.336 e. The van der Waals surface area contributed by atoms with Gasteiger partial charge in [-0.2, -0.15) is 5.10 Å². The minimum atomic E-state index is -0.726. The fraction of sp³-hybridized carbons (Fsp3) is 0. The number of ether oxygens (including phenoxy) is 1. The number of esters is 1. The average Bonchev–Trinajstić information content (AvgIpc) is 2.79. The van der Waals surface area contributed by atoms with Crippen molar-refractivity contribution in [2.24, 2.45) is 5.10 Å². The molecule has 0 aliphatic carbocycles. The van der Waals surface area contributed by atoms with Gasteiger partial charge in [-0.1, -0.05) is 46.9 Å². The van der Waals surface area contributed by atoms with E-state index < -0.39 is 16.8 Å². The molecule has 0 radical (unpaired) electrons. The molecule has 0 aromatic heterocycles. The van der Waals surface area contributed by atoms with E-state index in [-0.39, 0.29) is 27.6 Å². The first-order valence-corrected chi connectivity index (χ1v) is 10.6. The van der Waals surface area contributed by atoms with Gasteiger partial charge >= 0.3 is 5.97 Å². The van der Waals surface area contributed by atoms with Crippen LogP contribution in [0.3, 0.4) is 0 Å². The summed E-state index contributed by atoms with van der Waals surface area (Å²) in [7, 11) is 0. The number of nitro benzene ring substituents is 1. The predicted octanol–water partition coefficient (Wildman–Crippen LogP) is 5.94. The number of non-ortho nitro benzene ring substituents is 1. The maximum absolute atomic E-state index is 12.3.